The van der Waals surface area contributed by atoms with Crippen molar-refractivity contribution in [1.82, 2.24) is 9.97 Å². The van der Waals surface area contributed by atoms with Crippen LogP contribution in [-0.4, -0.2) is 42.0 Å². The predicted octanol–water partition coefficient (Wildman–Crippen LogP) is 7.52. The molecule has 2 amide bonds. The molecule has 0 aliphatic heterocycles. The number of nitrogens with zero attached hydrogens (tertiary/aromatic N) is 1. The number of carbonyl (C=O) groups is 2. The maximum atomic E-state index is 13.5. The molecule has 0 aliphatic rings. The van der Waals surface area contributed by atoms with Crippen LogP contribution < -0.4 is 16.0 Å². The third-order valence-corrected chi connectivity index (χ3v) is 7.12. The van der Waals surface area contributed by atoms with Crippen molar-refractivity contribution in [2.75, 3.05) is 36.2 Å². The second-order valence-corrected chi connectivity index (χ2v) is 11.1. The van der Waals surface area contributed by atoms with Crippen LogP contribution in [-0.2, 0) is 10.9 Å². The Bertz CT molecular complexity index is 1620. The van der Waals surface area contributed by atoms with E-state index in [-0.39, 0.29) is 16.7 Å². The number of aromatic amines is 1. The fraction of sp³-hybridized carbons (Fsp3) is 0.300. The number of amides is 2. The second-order valence-electron chi connectivity index (χ2n) is 10.6. The number of benzene rings is 3. The molecule has 8 nitrogen and oxygen atoms in total. The Morgan fingerprint density at radius 1 is 1.00 bits per heavy atom. The molecule has 42 heavy (non-hydrogen) atoms. The number of carbonyl (C=O) groups excluding carboxylic acids is 2. The third-order valence-electron chi connectivity index (χ3n) is 6.71. The average Bonchev–Trinajstić information content (AvgIpc) is 3.32. The molecule has 4 rings (SSSR count). The van der Waals surface area contributed by atoms with Gasteiger partial charge in [-0.2, -0.15) is 13.2 Å². The summed E-state index contributed by atoms with van der Waals surface area (Å²) >= 11 is 6.22. The van der Waals surface area contributed by atoms with Gasteiger partial charge in [-0.15, -0.1) is 0 Å². The second kappa shape index (κ2) is 12.4. The molecule has 0 aliphatic carbocycles. The van der Waals surface area contributed by atoms with E-state index < -0.39 is 29.1 Å². The maximum absolute atomic E-state index is 13.5. The van der Waals surface area contributed by atoms with Gasteiger partial charge in [-0.3, -0.25) is 9.59 Å². The lowest BCUT2D eigenvalue weighted by molar-refractivity contribution is -0.137. The molecular formula is C30H31ClF3N5O3. The van der Waals surface area contributed by atoms with Crippen molar-refractivity contribution in [3.05, 3.63) is 81.9 Å². The molecule has 1 heterocycles. The number of H-pyrrole nitrogens is 1. The van der Waals surface area contributed by atoms with Gasteiger partial charge in [-0.1, -0.05) is 43.6 Å². The number of imidazole rings is 1. The highest BCUT2D eigenvalue weighted by atomic mass is 35.5. The molecule has 0 spiro atoms. The van der Waals surface area contributed by atoms with Gasteiger partial charge < -0.3 is 25.7 Å². The highest BCUT2D eigenvalue weighted by Crippen LogP contribution is 2.33. The van der Waals surface area contributed by atoms with Gasteiger partial charge in [0.25, 0.3) is 11.8 Å². The molecule has 0 atom stereocenters. The van der Waals surface area contributed by atoms with Gasteiger partial charge in [0.15, 0.2) is 0 Å². The molecule has 222 valence electrons. The first-order valence-electron chi connectivity index (χ1n) is 13.1. The van der Waals surface area contributed by atoms with E-state index in [1.54, 1.807) is 32.2 Å². The summed E-state index contributed by atoms with van der Waals surface area (Å²) in [4.78, 5) is 34.2. The Morgan fingerprint density at radius 2 is 1.71 bits per heavy atom. The van der Waals surface area contributed by atoms with Gasteiger partial charge in [0.1, 0.15) is 5.52 Å². The third kappa shape index (κ3) is 7.21. The number of halogens is 4. The first-order valence-corrected chi connectivity index (χ1v) is 13.5. The standard InChI is InChI=1S/C30H31ClF3N5O3/c1-17-22(31)10-7-11-23(17)37-27(41)20-14-18(36-26(40)19-8-5-6-9-21(19)30(32,33)34)15-24-25(20)39-28(38-24)35-13-12-29(2,3)16-42-4/h5-11,14-15H,12-13,16H2,1-4H3,(H,36,40)(H,37,41)(H2,35,38,39). The van der Waals surface area contributed by atoms with Crippen LogP contribution in [0.5, 0.6) is 0 Å². The lowest BCUT2D eigenvalue weighted by atomic mass is 9.90. The maximum Gasteiger partial charge on any atom is 0.417 e. The number of nitrogens with one attached hydrogen (secondary N) is 4. The highest BCUT2D eigenvalue weighted by Gasteiger charge is 2.35. The summed E-state index contributed by atoms with van der Waals surface area (Å²) in [6, 6.07) is 12.4. The van der Waals surface area contributed by atoms with Gasteiger partial charge >= 0.3 is 6.18 Å². The molecule has 0 fully saturated rings. The van der Waals surface area contributed by atoms with E-state index in [2.05, 4.69) is 39.8 Å². The molecule has 4 N–H and O–H groups in total. The molecule has 0 saturated heterocycles. The van der Waals surface area contributed by atoms with E-state index in [1.807, 2.05) is 0 Å². The molecule has 0 saturated carbocycles. The minimum atomic E-state index is -4.72. The van der Waals surface area contributed by atoms with Crippen molar-refractivity contribution in [2.45, 2.75) is 33.4 Å². The van der Waals surface area contributed by atoms with Crippen LogP contribution in [0.3, 0.4) is 0 Å². The summed E-state index contributed by atoms with van der Waals surface area (Å²) in [5.41, 5.74) is 0.326. The Kier molecular flexibility index (Phi) is 9.12. The van der Waals surface area contributed by atoms with Crippen molar-refractivity contribution in [2.24, 2.45) is 5.41 Å². The smallest absolute Gasteiger partial charge is 0.384 e. The number of anilines is 3. The number of hydrogen-bond acceptors (Lipinski definition) is 5. The number of aromatic nitrogens is 2. The first kappa shape index (κ1) is 30.9. The zero-order valence-corrected chi connectivity index (χ0v) is 24.3. The zero-order chi connectivity index (χ0) is 30.7. The van der Waals surface area contributed by atoms with Crippen molar-refractivity contribution >= 4 is 51.8 Å². The number of ether oxygens (including phenoxy) is 1. The summed E-state index contributed by atoms with van der Waals surface area (Å²) in [7, 11) is 1.64. The molecular weight excluding hydrogens is 571 g/mol. The van der Waals surface area contributed by atoms with Crippen LogP contribution in [0.2, 0.25) is 5.02 Å². The SMILES string of the molecule is COCC(C)(C)CCNc1nc2c(C(=O)Nc3cccc(Cl)c3C)cc(NC(=O)c3ccccc3C(F)(F)F)cc2[nH]1. The lowest BCUT2D eigenvalue weighted by Crippen LogP contribution is -2.22. The lowest BCUT2D eigenvalue weighted by Gasteiger charge is -2.23. The Labute approximate surface area is 246 Å². The van der Waals surface area contributed by atoms with Gasteiger partial charge in [-0.25, -0.2) is 4.98 Å². The molecule has 0 unspecified atom stereocenters. The summed E-state index contributed by atoms with van der Waals surface area (Å²) in [5.74, 6) is -1.13. The van der Waals surface area contributed by atoms with Gasteiger partial charge in [0, 0.05) is 30.1 Å². The molecule has 0 radical (unpaired) electrons. The number of alkyl halides is 3. The molecule has 0 bridgehead atoms. The fourth-order valence-corrected chi connectivity index (χ4v) is 4.66. The monoisotopic (exact) mass is 601 g/mol. The van der Waals surface area contributed by atoms with Crippen LogP contribution >= 0.6 is 11.6 Å². The van der Waals surface area contributed by atoms with E-state index in [4.69, 9.17) is 16.3 Å². The molecule has 1 aromatic heterocycles. The molecule has 12 heteroatoms. The minimum absolute atomic E-state index is 0.0855. The first-order chi connectivity index (χ1) is 19.8. The molecule has 3 aromatic carbocycles. The minimum Gasteiger partial charge on any atom is -0.384 e. The van der Waals surface area contributed by atoms with Crippen molar-refractivity contribution in [1.29, 1.82) is 0 Å². The molecule has 4 aromatic rings. The largest absolute Gasteiger partial charge is 0.417 e. The number of hydrogen-bond donors (Lipinski definition) is 4. The summed E-state index contributed by atoms with van der Waals surface area (Å²) in [6.07, 6.45) is -3.96. The van der Waals surface area contributed by atoms with Crippen LogP contribution in [0, 0.1) is 12.3 Å². The number of fused-ring (bicyclic) bond motifs is 1. The number of methoxy groups -OCH3 is 1. The van der Waals surface area contributed by atoms with Gasteiger partial charge in [0.05, 0.1) is 28.8 Å². The summed E-state index contributed by atoms with van der Waals surface area (Å²) in [6.45, 7) is 7.02. The van der Waals surface area contributed by atoms with E-state index in [0.29, 0.717) is 46.4 Å². The zero-order valence-electron chi connectivity index (χ0n) is 23.5. The van der Waals surface area contributed by atoms with E-state index >= 15 is 0 Å². The normalized spacial score (nSPS) is 11.9. The van der Waals surface area contributed by atoms with Crippen LogP contribution in [0.15, 0.2) is 54.6 Å². The number of rotatable bonds is 10. The van der Waals surface area contributed by atoms with Gasteiger partial charge in [-0.05, 0) is 60.7 Å². The van der Waals surface area contributed by atoms with Crippen molar-refractivity contribution in [3.63, 3.8) is 0 Å². The average molecular weight is 602 g/mol. The topological polar surface area (TPSA) is 108 Å². The predicted molar refractivity (Wildman–Crippen MR) is 158 cm³/mol. The quantitative estimate of drug-likeness (QED) is 0.150. The van der Waals surface area contributed by atoms with Crippen LogP contribution in [0.1, 0.15) is 52.1 Å². The van der Waals surface area contributed by atoms with Crippen LogP contribution in [0.25, 0.3) is 11.0 Å². The van der Waals surface area contributed by atoms with E-state index in [1.165, 1.54) is 24.3 Å². The fourth-order valence-electron chi connectivity index (χ4n) is 4.49. The Morgan fingerprint density at radius 3 is 2.43 bits per heavy atom. The van der Waals surface area contributed by atoms with Crippen molar-refractivity contribution < 1.29 is 27.5 Å². The summed E-state index contributed by atoms with van der Waals surface area (Å²) < 4.78 is 45.9. The van der Waals surface area contributed by atoms with Gasteiger partial charge in [0.2, 0.25) is 5.95 Å². The Hall–Kier alpha value is -4.09. The van der Waals surface area contributed by atoms with Crippen molar-refractivity contribution in [3.8, 4) is 0 Å². The van der Waals surface area contributed by atoms with E-state index in [0.717, 1.165) is 18.6 Å². The van der Waals surface area contributed by atoms with E-state index in [9.17, 15) is 22.8 Å². The summed E-state index contributed by atoms with van der Waals surface area (Å²) in [5, 5.41) is 8.99. The van der Waals surface area contributed by atoms with Crippen LogP contribution in [0.4, 0.5) is 30.5 Å². The highest BCUT2D eigenvalue weighted by molar-refractivity contribution is 6.31. The Balaban J connectivity index is 1.69.